The second kappa shape index (κ2) is 8.69. The first kappa shape index (κ1) is 21.1. The molecule has 2 aromatic rings. The van der Waals surface area contributed by atoms with Crippen molar-refractivity contribution in [1.29, 1.82) is 0 Å². The van der Waals surface area contributed by atoms with E-state index in [4.69, 9.17) is 16.3 Å². The summed E-state index contributed by atoms with van der Waals surface area (Å²) in [7, 11) is -2.71. The van der Waals surface area contributed by atoms with Crippen molar-refractivity contribution >= 4 is 27.5 Å². The molecule has 0 bridgehead atoms. The molecule has 2 N–H and O–H groups in total. The fourth-order valence-corrected chi connectivity index (χ4v) is 4.02. The summed E-state index contributed by atoms with van der Waals surface area (Å²) in [6.07, 6.45) is 0. The fraction of sp³-hybridized carbons (Fsp3) is 0.278. The average Bonchev–Trinajstić information content (AvgIpc) is 2.61. The van der Waals surface area contributed by atoms with Gasteiger partial charge in [-0.15, -0.1) is 0 Å². The summed E-state index contributed by atoms with van der Waals surface area (Å²) < 4.78 is 45.5. The molecule has 6 nitrogen and oxygen atoms in total. The Kier molecular flexibility index (Phi) is 6.80. The Morgan fingerprint density at radius 1 is 1.15 bits per heavy atom. The topological polar surface area (TPSA) is 84.5 Å². The van der Waals surface area contributed by atoms with Gasteiger partial charge in [0, 0.05) is 5.02 Å². The largest absolute Gasteiger partial charge is 0.495 e. The summed E-state index contributed by atoms with van der Waals surface area (Å²) in [6.45, 7) is 3.13. The van der Waals surface area contributed by atoms with E-state index in [0.717, 1.165) is 0 Å². The Balaban J connectivity index is 2.11. The lowest BCUT2D eigenvalue weighted by atomic mass is 10.1. The minimum atomic E-state index is -4.05. The number of methoxy groups -OCH3 is 1. The minimum absolute atomic E-state index is 0.110. The van der Waals surface area contributed by atoms with Crippen LogP contribution in [0, 0.1) is 5.82 Å². The van der Waals surface area contributed by atoms with Gasteiger partial charge < -0.3 is 10.1 Å². The molecule has 0 aliphatic heterocycles. The van der Waals surface area contributed by atoms with Crippen LogP contribution in [-0.4, -0.2) is 27.5 Å². The lowest BCUT2D eigenvalue weighted by molar-refractivity contribution is -0.123. The standard InChI is InChI=1S/C18H20ClFN2O4S/c1-11(13-4-7-15(20)8-5-13)21-18(23)12(2)22-27(24,25)17-10-14(19)6-9-16(17)26-3/h4-12,22H,1-3H3,(H,21,23)/t11-,12-/m1/s1. The van der Waals surface area contributed by atoms with Crippen LogP contribution in [0.3, 0.4) is 0 Å². The zero-order valence-electron chi connectivity index (χ0n) is 15.0. The molecule has 0 saturated carbocycles. The maximum atomic E-state index is 13.0. The third-order valence-corrected chi connectivity index (χ3v) is 5.67. The predicted molar refractivity (Wildman–Crippen MR) is 101 cm³/mol. The number of halogens is 2. The Labute approximate surface area is 162 Å². The fourth-order valence-electron chi connectivity index (χ4n) is 2.38. The molecule has 9 heteroatoms. The van der Waals surface area contributed by atoms with Crippen LogP contribution in [0.4, 0.5) is 4.39 Å². The van der Waals surface area contributed by atoms with Gasteiger partial charge in [-0.2, -0.15) is 4.72 Å². The summed E-state index contributed by atoms with van der Waals surface area (Å²) in [6, 6.07) is 8.36. The van der Waals surface area contributed by atoms with Crippen LogP contribution < -0.4 is 14.8 Å². The van der Waals surface area contributed by atoms with Gasteiger partial charge in [0.2, 0.25) is 15.9 Å². The van der Waals surface area contributed by atoms with Crippen LogP contribution in [0.15, 0.2) is 47.4 Å². The number of hydrogen-bond acceptors (Lipinski definition) is 4. The van der Waals surface area contributed by atoms with E-state index < -0.39 is 28.0 Å². The summed E-state index contributed by atoms with van der Waals surface area (Å²) >= 11 is 5.87. The predicted octanol–water partition coefficient (Wildman–Crippen LogP) is 3.03. The Bertz CT molecular complexity index is 919. The van der Waals surface area contributed by atoms with Gasteiger partial charge in [-0.05, 0) is 49.7 Å². The molecule has 0 spiro atoms. The van der Waals surface area contributed by atoms with Gasteiger partial charge in [-0.25, -0.2) is 12.8 Å². The van der Waals surface area contributed by atoms with Crippen molar-refractivity contribution in [2.45, 2.75) is 30.8 Å². The van der Waals surface area contributed by atoms with Crippen LogP contribution in [0.2, 0.25) is 5.02 Å². The molecular weight excluding hydrogens is 395 g/mol. The number of amides is 1. The van der Waals surface area contributed by atoms with Gasteiger partial charge in [0.25, 0.3) is 0 Å². The number of sulfonamides is 1. The normalized spacial score (nSPS) is 13.7. The van der Waals surface area contributed by atoms with E-state index in [-0.39, 0.29) is 21.5 Å². The van der Waals surface area contributed by atoms with Crippen molar-refractivity contribution < 1.29 is 22.3 Å². The van der Waals surface area contributed by atoms with E-state index in [1.807, 2.05) is 0 Å². The summed E-state index contributed by atoms with van der Waals surface area (Å²) in [5.74, 6) is -0.801. The van der Waals surface area contributed by atoms with E-state index in [0.29, 0.717) is 5.56 Å². The lowest BCUT2D eigenvalue weighted by Crippen LogP contribution is -2.45. The number of ether oxygens (including phenoxy) is 1. The second-order valence-corrected chi connectivity index (χ2v) is 8.04. The molecule has 0 fully saturated rings. The summed E-state index contributed by atoms with van der Waals surface area (Å²) in [5, 5.41) is 2.90. The van der Waals surface area contributed by atoms with Gasteiger partial charge >= 0.3 is 0 Å². The third-order valence-electron chi connectivity index (χ3n) is 3.87. The number of rotatable bonds is 7. The zero-order chi connectivity index (χ0) is 20.2. The van der Waals surface area contributed by atoms with Gasteiger partial charge in [0.05, 0.1) is 19.2 Å². The molecule has 2 rings (SSSR count). The van der Waals surface area contributed by atoms with Gasteiger partial charge in [0.1, 0.15) is 16.5 Å². The van der Waals surface area contributed by atoms with E-state index >= 15 is 0 Å². The van der Waals surface area contributed by atoms with Crippen LogP contribution in [0.5, 0.6) is 5.75 Å². The zero-order valence-corrected chi connectivity index (χ0v) is 16.6. The van der Waals surface area contributed by atoms with Crippen molar-refractivity contribution in [3.63, 3.8) is 0 Å². The third kappa shape index (κ3) is 5.41. The van der Waals surface area contributed by atoms with E-state index in [2.05, 4.69) is 10.0 Å². The quantitative estimate of drug-likeness (QED) is 0.729. The molecule has 0 radical (unpaired) electrons. The van der Waals surface area contributed by atoms with Crippen LogP contribution in [-0.2, 0) is 14.8 Å². The first-order valence-corrected chi connectivity index (χ1v) is 9.92. The smallest absolute Gasteiger partial charge is 0.245 e. The molecule has 0 saturated heterocycles. The molecule has 0 aliphatic carbocycles. The highest BCUT2D eigenvalue weighted by Gasteiger charge is 2.26. The van der Waals surface area contributed by atoms with Gasteiger partial charge in [-0.1, -0.05) is 23.7 Å². The van der Waals surface area contributed by atoms with Crippen molar-refractivity contribution in [3.8, 4) is 5.75 Å². The van der Waals surface area contributed by atoms with E-state index in [1.54, 1.807) is 19.1 Å². The lowest BCUT2D eigenvalue weighted by Gasteiger charge is -2.19. The minimum Gasteiger partial charge on any atom is -0.495 e. The molecule has 1 amide bonds. The molecular formula is C18H20ClFN2O4S. The first-order chi connectivity index (χ1) is 12.6. The Morgan fingerprint density at radius 2 is 1.78 bits per heavy atom. The molecule has 146 valence electrons. The number of hydrogen-bond donors (Lipinski definition) is 2. The van der Waals surface area contributed by atoms with Crippen molar-refractivity contribution in [1.82, 2.24) is 10.0 Å². The average molecular weight is 415 g/mol. The van der Waals surface area contributed by atoms with Crippen molar-refractivity contribution in [2.24, 2.45) is 0 Å². The van der Waals surface area contributed by atoms with Gasteiger partial charge in [-0.3, -0.25) is 4.79 Å². The number of carbonyl (C=O) groups excluding carboxylic acids is 1. The van der Waals surface area contributed by atoms with Crippen LogP contribution in [0.25, 0.3) is 0 Å². The second-order valence-electron chi connectivity index (χ2n) is 5.92. The monoisotopic (exact) mass is 414 g/mol. The molecule has 2 atom stereocenters. The number of nitrogens with one attached hydrogen (secondary N) is 2. The van der Waals surface area contributed by atoms with Crippen LogP contribution in [0.1, 0.15) is 25.5 Å². The number of carbonyl (C=O) groups is 1. The summed E-state index contributed by atoms with van der Waals surface area (Å²) in [5.41, 5.74) is 0.691. The highest BCUT2D eigenvalue weighted by Crippen LogP contribution is 2.27. The molecule has 0 unspecified atom stereocenters. The Morgan fingerprint density at radius 3 is 2.37 bits per heavy atom. The van der Waals surface area contributed by atoms with Crippen molar-refractivity contribution in [2.75, 3.05) is 7.11 Å². The van der Waals surface area contributed by atoms with E-state index in [1.165, 1.54) is 44.4 Å². The molecule has 27 heavy (non-hydrogen) atoms. The first-order valence-electron chi connectivity index (χ1n) is 8.05. The molecule has 0 aromatic heterocycles. The highest BCUT2D eigenvalue weighted by atomic mass is 35.5. The molecule has 0 aliphatic rings. The summed E-state index contributed by atoms with van der Waals surface area (Å²) in [4.78, 5) is 12.2. The Hall–Kier alpha value is -2.16. The van der Waals surface area contributed by atoms with Gasteiger partial charge in [0.15, 0.2) is 0 Å². The molecule has 0 heterocycles. The van der Waals surface area contributed by atoms with Crippen LogP contribution >= 0.6 is 11.6 Å². The highest BCUT2D eigenvalue weighted by molar-refractivity contribution is 7.89. The molecule has 2 aromatic carbocycles. The van der Waals surface area contributed by atoms with E-state index in [9.17, 15) is 17.6 Å². The number of benzene rings is 2. The van der Waals surface area contributed by atoms with Crippen molar-refractivity contribution in [3.05, 3.63) is 58.9 Å². The SMILES string of the molecule is COc1ccc(Cl)cc1S(=O)(=O)N[C@H](C)C(=O)N[C@H](C)c1ccc(F)cc1. The maximum Gasteiger partial charge on any atom is 0.245 e. The maximum absolute atomic E-state index is 13.0.